The average molecular weight is 394 g/mol. The molecule has 0 aromatic heterocycles. The van der Waals surface area contributed by atoms with E-state index in [0.717, 1.165) is 9.52 Å². The zero-order valence-corrected chi connectivity index (χ0v) is 17.5. The number of hydrogen-bond acceptors (Lipinski definition) is 0. The first kappa shape index (κ1) is 27.7. The van der Waals surface area contributed by atoms with Gasteiger partial charge in [-0.25, -0.2) is 18.2 Å². The maximum Gasteiger partial charge on any atom is 4.00 e. The number of halogens is 2. The standard InChI is InChI=1S/C8H11.C5H5.C2H7Si.2ClH.Zr/c1-6-4-5-7(2)8(6)3;1-2-4-5-3-1;1-3-2;;;/h4-5H,1-3H3;1-5H;3H,1-2H3;2*1H;/q2*-1;;;;+4/p-2. The minimum atomic E-state index is 0. The van der Waals surface area contributed by atoms with Crippen LogP contribution in [0.3, 0.4) is 0 Å². The molecule has 0 nitrogen and oxygen atoms in total. The number of rotatable bonds is 0. The van der Waals surface area contributed by atoms with Gasteiger partial charge in [-0.15, -0.1) is 0 Å². The summed E-state index contributed by atoms with van der Waals surface area (Å²) in [6.07, 6.45) is 0. The van der Waals surface area contributed by atoms with Gasteiger partial charge in [0.1, 0.15) is 0 Å². The molecule has 4 heteroatoms. The monoisotopic (exact) mass is 391 g/mol. The Hall–Kier alpha value is 0.380. The summed E-state index contributed by atoms with van der Waals surface area (Å²) in [5.74, 6) is 0. The summed E-state index contributed by atoms with van der Waals surface area (Å²) < 4.78 is 0. The van der Waals surface area contributed by atoms with Gasteiger partial charge in [0.25, 0.3) is 0 Å². The Morgan fingerprint density at radius 3 is 1.58 bits per heavy atom. The molecule has 1 radical (unpaired) electrons. The fourth-order valence-electron chi connectivity index (χ4n) is 1.13. The van der Waals surface area contributed by atoms with Gasteiger partial charge in [-0.3, -0.25) is 0 Å². The van der Waals surface area contributed by atoms with Crippen LogP contribution in [0.5, 0.6) is 0 Å². The fourth-order valence-corrected chi connectivity index (χ4v) is 1.13. The molecule has 0 aliphatic carbocycles. The van der Waals surface area contributed by atoms with Gasteiger partial charge in [-0.05, 0) is 0 Å². The molecular weight excluding hydrogens is 370 g/mol. The minimum absolute atomic E-state index is 0. The van der Waals surface area contributed by atoms with Crippen LogP contribution in [-0.2, 0) is 26.2 Å². The van der Waals surface area contributed by atoms with Crippen molar-refractivity contribution in [3.63, 3.8) is 0 Å². The molecule has 0 bridgehead atoms. The molecule has 0 unspecified atom stereocenters. The van der Waals surface area contributed by atoms with E-state index in [-0.39, 0.29) is 51.0 Å². The Labute approximate surface area is 152 Å². The zero-order chi connectivity index (χ0) is 12.4. The second kappa shape index (κ2) is 18.4. The van der Waals surface area contributed by atoms with Crippen molar-refractivity contribution in [1.29, 1.82) is 0 Å². The van der Waals surface area contributed by atoms with Crippen LogP contribution in [-0.4, -0.2) is 9.52 Å². The smallest absolute Gasteiger partial charge is 1.00 e. The van der Waals surface area contributed by atoms with Crippen molar-refractivity contribution in [2.75, 3.05) is 0 Å². The van der Waals surface area contributed by atoms with Gasteiger partial charge in [0.05, 0.1) is 0 Å². The van der Waals surface area contributed by atoms with E-state index in [1.165, 1.54) is 16.7 Å². The molecule has 19 heavy (non-hydrogen) atoms. The first-order valence-electron chi connectivity index (χ1n) is 5.73. The van der Waals surface area contributed by atoms with Crippen LogP contribution in [0.15, 0.2) is 42.5 Å². The van der Waals surface area contributed by atoms with E-state index >= 15 is 0 Å². The van der Waals surface area contributed by atoms with Crippen LogP contribution < -0.4 is 24.8 Å². The second-order valence-corrected chi connectivity index (χ2v) is 5.02. The molecule has 2 aromatic carbocycles. The predicted octanol–water partition coefficient (Wildman–Crippen LogP) is -1.74. The van der Waals surface area contributed by atoms with E-state index in [4.69, 9.17) is 0 Å². The van der Waals surface area contributed by atoms with Crippen molar-refractivity contribution in [3.8, 4) is 0 Å². The SMILES string of the molecule is C[SiH]C.Cc1cc[c-](C)c1C.[Cl-].[Cl-].[Zr+4].c1cc[cH-]c1. The van der Waals surface area contributed by atoms with E-state index in [0.29, 0.717) is 0 Å². The molecule has 105 valence electrons. The minimum Gasteiger partial charge on any atom is -1.00 e. The average Bonchev–Trinajstić information content (AvgIpc) is 2.90. The summed E-state index contributed by atoms with van der Waals surface area (Å²) in [5, 5.41) is 0. The van der Waals surface area contributed by atoms with Crippen molar-refractivity contribution >= 4 is 9.52 Å². The van der Waals surface area contributed by atoms with Gasteiger partial charge in [0, 0.05) is 9.52 Å². The van der Waals surface area contributed by atoms with Crippen LogP contribution >= 0.6 is 0 Å². The molecule has 0 fully saturated rings. The van der Waals surface area contributed by atoms with Crippen molar-refractivity contribution in [2.45, 2.75) is 33.9 Å². The zero-order valence-electron chi connectivity index (χ0n) is 12.4. The molecule has 0 aliphatic rings. The molecular formula is C15H23Cl2SiZr. The predicted molar refractivity (Wildman–Crippen MR) is 77.2 cm³/mol. The Morgan fingerprint density at radius 1 is 1.05 bits per heavy atom. The van der Waals surface area contributed by atoms with Crippen molar-refractivity contribution < 1.29 is 51.0 Å². The van der Waals surface area contributed by atoms with Crippen molar-refractivity contribution in [3.05, 3.63) is 59.2 Å². The van der Waals surface area contributed by atoms with Crippen molar-refractivity contribution in [2.24, 2.45) is 0 Å². The maximum absolute atomic E-state index is 2.21. The van der Waals surface area contributed by atoms with Gasteiger partial charge in [-0.1, -0.05) is 33.9 Å². The Bertz CT molecular complexity index is 319. The molecule has 0 amide bonds. The van der Waals surface area contributed by atoms with Crippen LogP contribution in [0.4, 0.5) is 0 Å². The maximum atomic E-state index is 2.21. The quantitative estimate of drug-likeness (QED) is 0.368. The van der Waals surface area contributed by atoms with Gasteiger partial charge >= 0.3 is 26.2 Å². The molecule has 0 spiro atoms. The normalized spacial score (nSPS) is 7.21. The molecule has 0 saturated heterocycles. The van der Waals surface area contributed by atoms with Gasteiger partial charge in [0.15, 0.2) is 0 Å². The molecule has 2 aromatic rings. The summed E-state index contributed by atoms with van der Waals surface area (Å²) in [5.41, 5.74) is 4.25. The topological polar surface area (TPSA) is 0 Å². The van der Waals surface area contributed by atoms with E-state index in [9.17, 15) is 0 Å². The third-order valence-electron chi connectivity index (χ3n) is 2.32. The summed E-state index contributed by atoms with van der Waals surface area (Å²) in [6.45, 7) is 10.9. The summed E-state index contributed by atoms with van der Waals surface area (Å²) >= 11 is 0. The Morgan fingerprint density at radius 2 is 1.47 bits per heavy atom. The molecule has 0 saturated carbocycles. The first-order valence-corrected chi connectivity index (χ1v) is 8.04. The van der Waals surface area contributed by atoms with E-state index in [1.54, 1.807) is 0 Å². The van der Waals surface area contributed by atoms with Crippen LogP contribution in [0.25, 0.3) is 0 Å². The second-order valence-electron chi connectivity index (χ2n) is 3.86. The first-order chi connectivity index (χ1) is 7.63. The third kappa shape index (κ3) is 14.6. The molecule has 0 N–H and O–H groups in total. The number of aryl methyl sites for hydroxylation is 2. The fraction of sp³-hybridized carbons (Fsp3) is 0.333. The van der Waals surface area contributed by atoms with Crippen LogP contribution in [0, 0.1) is 20.8 Å². The molecule has 2 rings (SSSR count). The molecule has 0 atom stereocenters. The largest absolute Gasteiger partial charge is 4.00 e. The van der Waals surface area contributed by atoms with Gasteiger partial charge in [0.2, 0.25) is 0 Å². The third-order valence-corrected chi connectivity index (χ3v) is 2.32. The molecule has 0 aliphatic heterocycles. The number of hydrogen-bond donors (Lipinski definition) is 0. The van der Waals surface area contributed by atoms with Crippen LogP contribution in [0.2, 0.25) is 13.1 Å². The van der Waals surface area contributed by atoms with Crippen LogP contribution in [0.1, 0.15) is 16.7 Å². The summed E-state index contributed by atoms with van der Waals surface area (Å²) in [4.78, 5) is 0. The summed E-state index contributed by atoms with van der Waals surface area (Å²) in [7, 11) is 0.750. The Kier molecular flexibility index (Phi) is 26.8. The van der Waals surface area contributed by atoms with E-state index < -0.39 is 0 Å². The molecule has 0 heterocycles. The van der Waals surface area contributed by atoms with Gasteiger partial charge < -0.3 is 24.8 Å². The van der Waals surface area contributed by atoms with E-state index in [1.807, 2.05) is 30.3 Å². The Balaban J connectivity index is -0.0000000907. The van der Waals surface area contributed by atoms with Gasteiger partial charge in [-0.2, -0.15) is 41.0 Å². The summed E-state index contributed by atoms with van der Waals surface area (Å²) in [6, 6.07) is 14.3. The van der Waals surface area contributed by atoms with Crippen molar-refractivity contribution in [1.82, 2.24) is 0 Å². The van der Waals surface area contributed by atoms with E-state index in [2.05, 4.69) is 46.0 Å².